The number of carbonyl (C=O) groups is 1. The molecule has 2 aromatic rings. The van der Waals surface area contributed by atoms with Crippen molar-refractivity contribution in [2.45, 2.75) is 13.5 Å². The van der Waals surface area contributed by atoms with Crippen LogP contribution in [0.2, 0.25) is 5.02 Å². The van der Waals surface area contributed by atoms with Crippen LogP contribution in [0.1, 0.15) is 21.5 Å². The van der Waals surface area contributed by atoms with Crippen LogP contribution in [0, 0.1) is 6.92 Å². The number of carboxylic acid groups (broad SMARTS) is 1. The quantitative estimate of drug-likeness (QED) is 0.865. The van der Waals surface area contributed by atoms with E-state index in [0.717, 1.165) is 11.1 Å². The fraction of sp³-hybridized carbons (Fsp3) is 0.133. The van der Waals surface area contributed by atoms with Crippen molar-refractivity contribution < 1.29 is 14.6 Å². The number of ether oxygens (including phenoxy) is 1. The van der Waals surface area contributed by atoms with E-state index in [-0.39, 0.29) is 11.3 Å². The minimum atomic E-state index is -1.08. The third-order valence-corrected chi connectivity index (χ3v) is 3.51. The fourth-order valence-corrected chi connectivity index (χ4v) is 2.75. The Hall–Kier alpha value is -1.52. The van der Waals surface area contributed by atoms with Gasteiger partial charge in [-0.1, -0.05) is 41.4 Å². The number of aromatic carboxylic acids is 1. The highest BCUT2D eigenvalue weighted by Crippen LogP contribution is 2.33. The van der Waals surface area contributed by atoms with Gasteiger partial charge in [0.1, 0.15) is 17.9 Å². The molecule has 0 aliphatic rings. The van der Waals surface area contributed by atoms with Crippen LogP contribution < -0.4 is 4.74 Å². The van der Waals surface area contributed by atoms with Crippen LogP contribution in [0.3, 0.4) is 0 Å². The Balaban J connectivity index is 2.27. The van der Waals surface area contributed by atoms with Gasteiger partial charge in [0.05, 0.1) is 4.47 Å². The summed E-state index contributed by atoms with van der Waals surface area (Å²) in [6.45, 7) is 2.28. The van der Waals surface area contributed by atoms with Gasteiger partial charge in [-0.05, 0) is 40.5 Å². The molecule has 0 aliphatic carbocycles. The standard InChI is InChI=1S/C15H12BrClO3/c1-9-3-2-4-10(5-9)8-20-14-12(15(18)19)6-11(17)7-13(14)16/h2-7H,8H2,1H3,(H,18,19). The van der Waals surface area contributed by atoms with Gasteiger partial charge in [0.15, 0.2) is 0 Å². The van der Waals surface area contributed by atoms with Gasteiger partial charge in [-0.3, -0.25) is 0 Å². The van der Waals surface area contributed by atoms with Gasteiger partial charge in [0, 0.05) is 5.02 Å². The SMILES string of the molecule is Cc1cccc(COc2c(Br)cc(Cl)cc2C(=O)O)c1. The maximum Gasteiger partial charge on any atom is 0.339 e. The number of rotatable bonds is 4. The van der Waals surface area contributed by atoms with Crippen molar-refractivity contribution in [1.82, 2.24) is 0 Å². The molecule has 2 aromatic carbocycles. The van der Waals surface area contributed by atoms with Gasteiger partial charge in [-0.2, -0.15) is 0 Å². The van der Waals surface area contributed by atoms with E-state index in [1.54, 1.807) is 6.07 Å². The average molecular weight is 356 g/mol. The van der Waals surface area contributed by atoms with E-state index in [0.29, 0.717) is 16.1 Å². The normalized spacial score (nSPS) is 10.3. The minimum absolute atomic E-state index is 0.0389. The summed E-state index contributed by atoms with van der Waals surface area (Å²) in [5, 5.41) is 9.54. The zero-order valence-electron chi connectivity index (χ0n) is 10.7. The second-order valence-corrected chi connectivity index (χ2v) is 5.64. The van der Waals surface area contributed by atoms with E-state index in [1.807, 2.05) is 31.2 Å². The largest absolute Gasteiger partial charge is 0.487 e. The lowest BCUT2D eigenvalue weighted by molar-refractivity contribution is 0.0691. The predicted molar refractivity (Wildman–Crippen MR) is 81.6 cm³/mol. The third-order valence-electron chi connectivity index (χ3n) is 2.70. The fourth-order valence-electron chi connectivity index (χ4n) is 1.82. The molecule has 0 saturated heterocycles. The topological polar surface area (TPSA) is 46.5 Å². The maximum absolute atomic E-state index is 11.2. The van der Waals surface area contributed by atoms with E-state index in [1.165, 1.54) is 6.07 Å². The summed E-state index contributed by atoms with van der Waals surface area (Å²) >= 11 is 9.14. The Bertz CT molecular complexity index is 656. The molecule has 0 fully saturated rings. The molecule has 5 heteroatoms. The summed E-state index contributed by atoms with van der Waals surface area (Å²) in [5.74, 6) is -0.796. The molecular formula is C15H12BrClO3. The lowest BCUT2D eigenvalue weighted by atomic mass is 10.1. The molecule has 0 unspecified atom stereocenters. The van der Waals surface area contributed by atoms with Gasteiger partial charge in [-0.15, -0.1) is 0 Å². The van der Waals surface area contributed by atoms with Crippen LogP contribution >= 0.6 is 27.5 Å². The maximum atomic E-state index is 11.2. The number of halogens is 2. The molecule has 0 heterocycles. The summed E-state index contributed by atoms with van der Waals surface area (Å²) in [6, 6.07) is 10.8. The second kappa shape index (κ2) is 6.29. The van der Waals surface area contributed by atoms with Crippen LogP contribution in [0.25, 0.3) is 0 Å². The highest BCUT2D eigenvalue weighted by atomic mass is 79.9. The molecule has 104 valence electrons. The van der Waals surface area contributed by atoms with Crippen LogP contribution in [0.5, 0.6) is 5.75 Å². The van der Waals surface area contributed by atoms with E-state index in [4.69, 9.17) is 16.3 Å². The highest BCUT2D eigenvalue weighted by Gasteiger charge is 2.16. The van der Waals surface area contributed by atoms with Gasteiger partial charge < -0.3 is 9.84 Å². The number of aryl methyl sites for hydroxylation is 1. The molecule has 0 aromatic heterocycles. The van der Waals surface area contributed by atoms with Crippen molar-refractivity contribution in [3.8, 4) is 5.75 Å². The smallest absolute Gasteiger partial charge is 0.339 e. The summed E-state index contributed by atoms with van der Waals surface area (Å²) in [5.41, 5.74) is 2.14. The molecule has 2 rings (SSSR count). The first-order valence-corrected chi connectivity index (χ1v) is 7.05. The highest BCUT2D eigenvalue weighted by molar-refractivity contribution is 9.10. The molecule has 0 aliphatic heterocycles. The summed E-state index contributed by atoms with van der Waals surface area (Å²) in [7, 11) is 0. The zero-order chi connectivity index (χ0) is 14.7. The molecule has 0 amide bonds. The van der Waals surface area contributed by atoms with Crippen molar-refractivity contribution in [2.75, 3.05) is 0 Å². The summed E-state index contributed by atoms with van der Waals surface area (Å²) < 4.78 is 6.16. The van der Waals surface area contributed by atoms with Gasteiger partial charge in [0.2, 0.25) is 0 Å². The molecule has 1 N–H and O–H groups in total. The first-order valence-electron chi connectivity index (χ1n) is 5.88. The summed E-state index contributed by atoms with van der Waals surface area (Å²) in [6.07, 6.45) is 0. The van der Waals surface area contributed by atoms with Crippen LogP contribution in [0.15, 0.2) is 40.9 Å². The van der Waals surface area contributed by atoms with E-state index in [9.17, 15) is 9.90 Å². The molecule has 20 heavy (non-hydrogen) atoms. The third kappa shape index (κ3) is 3.52. The number of benzene rings is 2. The van der Waals surface area contributed by atoms with E-state index >= 15 is 0 Å². The monoisotopic (exact) mass is 354 g/mol. The number of hydrogen-bond donors (Lipinski definition) is 1. The molecule has 0 saturated carbocycles. The molecular weight excluding hydrogens is 344 g/mol. The predicted octanol–water partition coefficient (Wildman–Crippen LogP) is 4.69. The van der Waals surface area contributed by atoms with Gasteiger partial charge >= 0.3 is 5.97 Å². The van der Waals surface area contributed by atoms with Crippen molar-refractivity contribution >= 4 is 33.5 Å². The molecule has 0 spiro atoms. The van der Waals surface area contributed by atoms with Crippen LogP contribution in [0.4, 0.5) is 0 Å². The number of hydrogen-bond acceptors (Lipinski definition) is 2. The minimum Gasteiger partial charge on any atom is -0.487 e. The molecule has 0 bridgehead atoms. The Morgan fingerprint density at radius 2 is 2.10 bits per heavy atom. The Labute approximate surface area is 130 Å². The molecule has 0 atom stereocenters. The van der Waals surface area contributed by atoms with Crippen molar-refractivity contribution in [3.63, 3.8) is 0 Å². The van der Waals surface area contributed by atoms with Crippen molar-refractivity contribution in [2.24, 2.45) is 0 Å². The van der Waals surface area contributed by atoms with E-state index < -0.39 is 5.97 Å². The Morgan fingerprint density at radius 1 is 1.35 bits per heavy atom. The van der Waals surface area contributed by atoms with Crippen LogP contribution in [-0.4, -0.2) is 11.1 Å². The lowest BCUT2D eigenvalue weighted by Gasteiger charge is -2.12. The Morgan fingerprint density at radius 3 is 2.75 bits per heavy atom. The first kappa shape index (κ1) is 14.9. The zero-order valence-corrected chi connectivity index (χ0v) is 13.0. The second-order valence-electron chi connectivity index (χ2n) is 4.35. The van der Waals surface area contributed by atoms with Crippen LogP contribution in [-0.2, 0) is 6.61 Å². The molecule has 3 nitrogen and oxygen atoms in total. The number of carboxylic acids is 1. The van der Waals surface area contributed by atoms with Gasteiger partial charge in [0.25, 0.3) is 0 Å². The van der Waals surface area contributed by atoms with Crippen molar-refractivity contribution in [1.29, 1.82) is 0 Å². The average Bonchev–Trinajstić information content (AvgIpc) is 2.36. The summed E-state index contributed by atoms with van der Waals surface area (Å²) in [4.78, 5) is 11.2. The lowest BCUT2D eigenvalue weighted by Crippen LogP contribution is -2.04. The van der Waals surface area contributed by atoms with Gasteiger partial charge in [-0.25, -0.2) is 4.79 Å². The molecule has 0 radical (unpaired) electrons. The van der Waals surface area contributed by atoms with E-state index in [2.05, 4.69) is 15.9 Å². The Kier molecular flexibility index (Phi) is 4.68. The first-order chi connectivity index (χ1) is 9.47. The van der Waals surface area contributed by atoms with Crippen molar-refractivity contribution in [3.05, 3.63) is 62.6 Å².